The number of thiazole rings is 1. The smallest absolute Gasteiger partial charge is 0.131 e. The van der Waals surface area contributed by atoms with Gasteiger partial charge in [-0.2, -0.15) is 0 Å². The first-order valence-electron chi connectivity index (χ1n) is 8.68. The lowest BCUT2D eigenvalue weighted by Gasteiger charge is -2.16. The van der Waals surface area contributed by atoms with Crippen molar-refractivity contribution in [2.75, 3.05) is 32.2 Å². The zero-order valence-corrected chi connectivity index (χ0v) is 15.8. The first-order valence-corrected chi connectivity index (χ1v) is 9.56. The molecule has 0 spiro atoms. The Hall–Kier alpha value is -2.60. The minimum atomic E-state index is 0.758. The summed E-state index contributed by atoms with van der Waals surface area (Å²) in [5.74, 6) is 2.57. The number of ether oxygens (including phenoxy) is 2. The van der Waals surface area contributed by atoms with Gasteiger partial charge in [-0.1, -0.05) is 0 Å². The van der Waals surface area contributed by atoms with Crippen molar-refractivity contribution in [2.45, 2.75) is 12.8 Å². The molecular weight excluding hydrogens is 346 g/mol. The zero-order valence-electron chi connectivity index (χ0n) is 14.9. The molecule has 1 saturated heterocycles. The van der Waals surface area contributed by atoms with Crippen LogP contribution in [0.15, 0.2) is 41.9 Å². The second-order valence-corrected chi connectivity index (χ2v) is 7.06. The Kier molecular flexibility index (Phi) is 4.75. The highest BCUT2D eigenvalue weighted by atomic mass is 32.1. The van der Waals surface area contributed by atoms with E-state index in [2.05, 4.69) is 21.3 Å². The van der Waals surface area contributed by atoms with Gasteiger partial charge in [0.05, 0.1) is 19.9 Å². The summed E-state index contributed by atoms with van der Waals surface area (Å²) >= 11 is 1.63. The van der Waals surface area contributed by atoms with Crippen molar-refractivity contribution in [3.63, 3.8) is 0 Å². The van der Waals surface area contributed by atoms with Gasteiger partial charge in [-0.3, -0.25) is 0 Å². The van der Waals surface area contributed by atoms with Crippen LogP contribution in [0.5, 0.6) is 11.5 Å². The van der Waals surface area contributed by atoms with Crippen LogP contribution in [0.1, 0.15) is 12.8 Å². The first-order chi connectivity index (χ1) is 12.8. The second-order valence-electron chi connectivity index (χ2n) is 6.20. The van der Waals surface area contributed by atoms with Crippen molar-refractivity contribution in [1.29, 1.82) is 0 Å². The van der Waals surface area contributed by atoms with Gasteiger partial charge in [-0.25, -0.2) is 9.97 Å². The van der Waals surface area contributed by atoms with Crippen LogP contribution in [0, 0.1) is 0 Å². The van der Waals surface area contributed by atoms with E-state index >= 15 is 0 Å². The molecule has 0 atom stereocenters. The van der Waals surface area contributed by atoms with Crippen LogP contribution in [0.3, 0.4) is 0 Å². The third-order valence-electron chi connectivity index (χ3n) is 4.61. The Morgan fingerprint density at radius 2 is 1.88 bits per heavy atom. The summed E-state index contributed by atoms with van der Waals surface area (Å²) in [6.45, 7) is 2.17. The van der Waals surface area contributed by atoms with Gasteiger partial charge in [-0.05, 0) is 37.1 Å². The molecule has 0 bridgehead atoms. The Labute approximate surface area is 157 Å². The maximum Gasteiger partial charge on any atom is 0.131 e. The van der Waals surface area contributed by atoms with E-state index in [0.29, 0.717) is 0 Å². The topological polar surface area (TPSA) is 47.5 Å². The average Bonchev–Trinajstić information content (AvgIpc) is 3.39. The fourth-order valence-corrected chi connectivity index (χ4v) is 4.03. The predicted molar refractivity (Wildman–Crippen MR) is 105 cm³/mol. The van der Waals surface area contributed by atoms with Crippen molar-refractivity contribution in [1.82, 2.24) is 9.97 Å². The zero-order chi connectivity index (χ0) is 17.9. The largest absolute Gasteiger partial charge is 0.497 e. The lowest BCUT2D eigenvalue weighted by Crippen LogP contribution is -2.18. The Bertz CT molecular complexity index is 904. The molecule has 2 aromatic heterocycles. The van der Waals surface area contributed by atoms with E-state index < -0.39 is 0 Å². The fraction of sp³-hybridized carbons (Fsp3) is 0.300. The summed E-state index contributed by atoms with van der Waals surface area (Å²) < 4.78 is 10.8. The van der Waals surface area contributed by atoms with Gasteiger partial charge in [0, 0.05) is 41.9 Å². The van der Waals surface area contributed by atoms with Crippen LogP contribution in [0.25, 0.3) is 21.8 Å². The van der Waals surface area contributed by atoms with Crippen LogP contribution in [0.4, 0.5) is 5.82 Å². The molecule has 5 nitrogen and oxygen atoms in total. The number of rotatable bonds is 5. The molecule has 0 radical (unpaired) electrons. The molecule has 0 amide bonds. The van der Waals surface area contributed by atoms with Gasteiger partial charge in [0.15, 0.2) is 0 Å². The van der Waals surface area contributed by atoms with Crippen molar-refractivity contribution in [2.24, 2.45) is 0 Å². The van der Waals surface area contributed by atoms with Gasteiger partial charge in [0.2, 0.25) is 0 Å². The van der Waals surface area contributed by atoms with E-state index in [1.807, 2.05) is 30.5 Å². The normalized spacial score (nSPS) is 13.8. The van der Waals surface area contributed by atoms with E-state index in [1.54, 1.807) is 25.6 Å². The average molecular weight is 367 g/mol. The molecule has 1 aromatic carbocycles. The van der Waals surface area contributed by atoms with Crippen molar-refractivity contribution in [3.8, 4) is 33.3 Å². The number of nitrogens with zero attached hydrogens (tertiary/aromatic N) is 3. The van der Waals surface area contributed by atoms with Crippen molar-refractivity contribution in [3.05, 3.63) is 41.9 Å². The molecule has 0 unspecified atom stereocenters. The monoisotopic (exact) mass is 367 g/mol. The first kappa shape index (κ1) is 16.8. The van der Waals surface area contributed by atoms with Crippen LogP contribution < -0.4 is 14.4 Å². The molecule has 0 saturated carbocycles. The SMILES string of the molecule is COc1ccc(-c2csc(-c3ccnc(N4CCCC4)c3)n2)c(OC)c1. The van der Waals surface area contributed by atoms with Crippen LogP contribution in [0.2, 0.25) is 0 Å². The molecule has 0 aliphatic carbocycles. The number of pyridine rings is 1. The maximum atomic E-state index is 5.51. The highest BCUT2D eigenvalue weighted by molar-refractivity contribution is 7.13. The molecule has 4 rings (SSSR count). The van der Waals surface area contributed by atoms with E-state index in [9.17, 15) is 0 Å². The van der Waals surface area contributed by atoms with Gasteiger partial charge in [0.1, 0.15) is 22.3 Å². The molecule has 1 aliphatic heterocycles. The maximum absolute atomic E-state index is 5.51. The second kappa shape index (κ2) is 7.33. The molecule has 0 N–H and O–H groups in total. The van der Waals surface area contributed by atoms with Gasteiger partial charge < -0.3 is 14.4 Å². The summed E-state index contributed by atoms with van der Waals surface area (Å²) in [5, 5.41) is 3.05. The van der Waals surface area contributed by atoms with E-state index in [1.165, 1.54) is 12.8 Å². The third-order valence-corrected chi connectivity index (χ3v) is 5.50. The molecule has 3 heterocycles. The number of benzene rings is 1. The Balaban J connectivity index is 1.65. The number of hydrogen-bond donors (Lipinski definition) is 0. The van der Waals surface area contributed by atoms with Gasteiger partial charge in [-0.15, -0.1) is 11.3 Å². The molecule has 1 aliphatic rings. The van der Waals surface area contributed by atoms with Gasteiger partial charge in [0.25, 0.3) is 0 Å². The van der Waals surface area contributed by atoms with Gasteiger partial charge >= 0.3 is 0 Å². The van der Waals surface area contributed by atoms with E-state index in [4.69, 9.17) is 14.5 Å². The van der Waals surface area contributed by atoms with Crippen LogP contribution in [-0.2, 0) is 0 Å². The molecule has 6 heteroatoms. The van der Waals surface area contributed by atoms with E-state index in [-0.39, 0.29) is 0 Å². The van der Waals surface area contributed by atoms with Crippen LogP contribution >= 0.6 is 11.3 Å². The fourth-order valence-electron chi connectivity index (χ4n) is 3.21. The molecule has 134 valence electrons. The number of anilines is 1. The molecular formula is C20H21N3O2S. The number of aromatic nitrogens is 2. The summed E-state index contributed by atoms with van der Waals surface area (Å²) in [6.07, 6.45) is 4.35. The quantitative estimate of drug-likeness (QED) is 0.665. The molecule has 1 fully saturated rings. The molecule has 26 heavy (non-hydrogen) atoms. The van der Waals surface area contributed by atoms with Crippen molar-refractivity contribution >= 4 is 17.2 Å². The van der Waals surface area contributed by atoms with Crippen molar-refractivity contribution < 1.29 is 9.47 Å². The summed E-state index contributed by atoms with van der Waals surface area (Å²) in [6, 6.07) is 9.95. The highest BCUT2D eigenvalue weighted by Gasteiger charge is 2.16. The lowest BCUT2D eigenvalue weighted by atomic mass is 10.1. The highest BCUT2D eigenvalue weighted by Crippen LogP contribution is 2.36. The summed E-state index contributed by atoms with van der Waals surface area (Å²) in [4.78, 5) is 11.7. The summed E-state index contributed by atoms with van der Waals surface area (Å²) in [5.41, 5.74) is 2.97. The Morgan fingerprint density at radius 3 is 2.65 bits per heavy atom. The minimum Gasteiger partial charge on any atom is -0.497 e. The number of methoxy groups -OCH3 is 2. The van der Waals surface area contributed by atoms with Crippen LogP contribution in [-0.4, -0.2) is 37.3 Å². The lowest BCUT2D eigenvalue weighted by molar-refractivity contribution is 0.395. The van der Waals surface area contributed by atoms with E-state index in [0.717, 1.165) is 52.2 Å². The predicted octanol–water partition coefficient (Wildman–Crippen LogP) is 4.49. The summed E-state index contributed by atoms with van der Waals surface area (Å²) in [7, 11) is 3.31. The third kappa shape index (κ3) is 3.24. The number of hydrogen-bond acceptors (Lipinski definition) is 6. The Morgan fingerprint density at radius 1 is 1.04 bits per heavy atom. The standard InChI is InChI=1S/C20H21N3O2S/c1-24-15-5-6-16(18(12-15)25-2)17-13-26-20(22-17)14-7-8-21-19(11-14)23-9-3-4-10-23/h5-8,11-13H,3-4,9-10H2,1-2H3. The minimum absolute atomic E-state index is 0.758. The molecule has 3 aromatic rings.